The third kappa shape index (κ3) is 2.90. The lowest BCUT2D eigenvalue weighted by molar-refractivity contribution is -0.139. The Balaban J connectivity index is 1.82. The largest absolute Gasteiger partial charge is 0.487 e. The second-order valence-corrected chi connectivity index (χ2v) is 4.81. The third-order valence-corrected chi connectivity index (χ3v) is 3.21. The first-order valence-corrected chi connectivity index (χ1v) is 6.50. The van der Waals surface area contributed by atoms with Gasteiger partial charge in [0, 0.05) is 10.9 Å². The summed E-state index contributed by atoms with van der Waals surface area (Å²) in [6, 6.07) is 10.9. The van der Waals surface area contributed by atoms with Gasteiger partial charge in [-0.2, -0.15) is 13.2 Å². The molecule has 1 N–H and O–H groups in total. The van der Waals surface area contributed by atoms with E-state index in [2.05, 4.69) is 4.98 Å². The van der Waals surface area contributed by atoms with E-state index in [0.29, 0.717) is 16.6 Å². The average Bonchev–Trinajstić information content (AvgIpc) is 2.86. The summed E-state index contributed by atoms with van der Waals surface area (Å²) in [4.78, 5) is 2.98. The third-order valence-electron chi connectivity index (χ3n) is 3.21. The van der Waals surface area contributed by atoms with Crippen LogP contribution in [0, 0.1) is 5.82 Å². The number of rotatable bonds is 3. The van der Waals surface area contributed by atoms with E-state index >= 15 is 0 Å². The molecular formula is C16H11F4NO. The van der Waals surface area contributed by atoms with Crippen LogP contribution in [-0.2, 0) is 12.8 Å². The maximum Gasteiger partial charge on any atom is 0.419 e. The number of ether oxygens (including phenoxy) is 1. The van der Waals surface area contributed by atoms with E-state index in [-0.39, 0.29) is 18.2 Å². The number of alkyl halides is 3. The Labute approximate surface area is 123 Å². The Bertz CT molecular complexity index is 807. The first-order chi connectivity index (χ1) is 10.4. The van der Waals surface area contributed by atoms with Gasteiger partial charge >= 0.3 is 6.18 Å². The SMILES string of the molecule is Fc1ccc2[nH]c(COc3ccccc3C(F)(F)F)cc2c1. The monoisotopic (exact) mass is 309 g/mol. The lowest BCUT2D eigenvalue weighted by Gasteiger charge is -2.13. The normalized spacial score (nSPS) is 11.8. The van der Waals surface area contributed by atoms with Crippen molar-refractivity contribution < 1.29 is 22.3 Å². The molecule has 0 fully saturated rings. The molecule has 0 radical (unpaired) electrons. The van der Waals surface area contributed by atoms with Crippen molar-refractivity contribution >= 4 is 10.9 Å². The van der Waals surface area contributed by atoms with Crippen LogP contribution < -0.4 is 4.74 Å². The van der Waals surface area contributed by atoms with E-state index in [1.165, 1.54) is 30.3 Å². The van der Waals surface area contributed by atoms with Crippen LogP contribution in [0.3, 0.4) is 0 Å². The molecule has 0 atom stereocenters. The maximum atomic E-state index is 13.1. The Hall–Kier alpha value is -2.50. The van der Waals surface area contributed by atoms with Crippen molar-refractivity contribution in [1.82, 2.24) is 4.98 Å². The number of hydrogen-bond donors (Lipinski definition) is 1. The zero-order valence-electron chi connectivity index (χ0n) is 11.2. The number of benzene rings is 2. The van der Waals surface area contributed by atoms with Crippen LogP contribution in [0.15, 0.2) is 48.5 Å². The molecule has 0 bridgehead atoms. The zero-order valence-corrected chi connectivity index (χ0v) is 11.2. The highest BCUT2D eigenvalue weighted by molar-refractivity contribution is 5.80. The van der Waals surface area contributed by atoms with Crippen LogP contribution in [0.1, 0.15) is 11.3 Å². The number of aromatic nitrogens is 1. The zero-order chi connectivity index (χ0) is 15.7. The van der Waals surface area contributed by atoms with Crippen LogP contribution >= 0.6 is 0 Å². The molecule has 6 heteroatoms. The lowest BCUT2D eigenvalue weighted by Crippen LogP contribution is -2.08. The summed E-state index contributed by atoms with van der Waals surface area (Å²) in [5.74, 6) is -0.610. The Morgan fingerprint density at radius 2 is 1.77 bits per heavy atom. The quantitative estimate of drug-likeness (QED) is 0.684. The van der Waals surface area contributed by atoms with E-state index in [1.54, 1.807) is 12.1 Å². The summed E-state index contributed by atoms with van der Waals surface area (Å²) >= 11 is 0. The summed E-state index contributed by atoms with van der Waals surface area (Å²) in [6.45, 7) is -0.0661. The molecule has 0 aliphatic carbocycles. The van der Waals surface area contributed by atoms with Gasteiger partial charge in [-0.3, -0.25) is 0 Å². The fourth-order valence-electron chi connectivity index (χ4n) is 2.22. The predicted molar refractivity (Wildman–Crippen MR) is 74.0 cm³/mol. The lowest BCUT2D eigenvalue weighted by atomic mass is 10.2. The van der Waals surface area contributed by atoms with Gasteiger partial charge in [-0.05, 0) is 36.4 Å². The Kier molecular flexibility index (Phi) is 3.52. The molecule has 114 valence electrons. The first-order valence-electron chi connectivity index (χ1n) is 6.50. The molecule has 0 amide bonds. The summed E-state index contributed by atoms with van der Waals surface area (Å²) in [6.07, 6.45) is -4.47. The molecule has 2 aromatic carbocycles. The van der Waals surface area contributed by atoms with E-state index in [0.717, 1.165) is 6.07 Å². The Morgan fingerprint density at radius 3 is 2.55 bits per heavy atom. The van der Waals surface area contributed by atoms with Crippen molar-refractivity contribution in [3.05, 3.63) is 65.6 Å². The number of para-hydroxylation sites is 1. The van der Waals surface area contributed by atoms with Crippen molar-refractivity contribution in [3.8, 4) is 5.75 Å². The number of fused-ring (bicyclic) bond motifs is 1. The summed E-state index contributed by atoms with van der Waals surface area (Å²) < 4.78 is 56.9. The molecule has 0 aliphatic rings. The number of H-pyrrole nitrogens is 1. The van der Waals surface area contributed by atoms with Gasteiger partial charge in [0.15, 0.2) is 0 Å². The van der Waals surface area contributed by atoms with Crippen LogP contribution in [0.5, 0.6) is 5.75 Å². The predicted octanol–water partition coefficient (Wildman–Crippen LogP) is 4.90. The van der Waals surface area contributed by atoms with E-state index in [1.807, 2.05) is 0 Å². The molecule has 0 aliphatic heterocycles. The number of hydrogen-bond acceptors (Lipinski definition) is 1. The molecule has 0 spiro atoms. The molecule has 3 aromatic rings. The van der Waals surface area contributed by atoms with Crippen molar-refractivity contribution in [2.24, 2.45) is 0 Å². The van der Waals surface area contributed by atoms with Crippen molar-refractivity contribution in [1.29, 1.82) is 0 Å². The van der Waals surface area contributed by atoms with Gasteiger partial charge in [-0.1, -0.05) is 12.1 Å². The molecule has 0 saturated carbocycles. The summed E-state index contributed by atoms with van der Waals surface area (Å²) in [5.41, 5.74) is 0.443. The van der Waals surface area contributed by atoms with Crippen LogP contribution in [0.2, 0.25) is 0 Å². The number of aromatic amines is 1. The molecule has 0 saturated heterocycles. The molecule has 1 aromatic heterocycles. The molecule has 3 rings (SSSR count). The summed E-state index contributed by atoms with van der Waals surface area (Å²) in [7, 11) is 0. The van der Waals surface area contributed by atoms with E-state index < -0.39 is 11.7 Å². The molecular weight excluding hydrogens is 298 g/mol. The maximum absolute atomic E-state index is 13.1. The summed E-state index contributed by atoms with van der Waals surface area (Å²) in [5, 5.41) is 0.641. The van der Waals surface area contributed by atoms with Gasteiger partial charge < -0.3 is 9.72 Å². The molecule has 2 nitrogen and oxygen atoms in total. The standard InChI is InChI=1S/C16H11F4NO/c17-11-5-6-14-10(7-11)8-12(21-14)9-22-15-4-2-1-3-13(15)16(18,19)20/h1-8,21H,9H2. The second-order valence-electron chi connectivity index (χ2n) is 4.81. The van der Waals surface area contributed by atoms with Crippen molar-refractivity contribution in [2.45, 2.75) is 12.8 Å². The topological polar surface area (TPSA) is 25.0 Å². The second kappa shape index (κ2) is 5.36. The van der Waals surface area contributed by atoms with E-state index in [4.69, 9.17) is 4.74 Å². The van der Waals surface area contributed by atoms with Crippen molar-refractivity contribution in [2.75, 3.05) is 0 Å². The minimum absolute atomic E-state index is 0.0661. The highest BCUT2D eigenvalue weighted by atomic mass is 19.4. The minimum atomic E-state index is -4.47. The number of halogens is 4. The van der Waals surface area contributed by atoms with Crippen LogP contribution in [0.25, 0.3) is 10.9 Å². The van der Waals surface area contributed by atoms with Gasteiger partial charge in [-0.25, -0.2) is 4.39 Å². The van der Waals surface area contributed by atoms with Gasteiger partial charge in [-0.15, -0.1) is 0 Å². The first kappa shape index (κ1) is 14.4. The number of nitrogens with one attached hydrogen (secondary N) is 1. The molecule has 0 unspecified atom stereocenters. The van der Waals surface area contributed by atoms with Gasteiger partial charge in [0.2, 0.25) is 0 Å². The van der Waals surface area contributed by atoms with Gasteiger partial charge in [0.1, 0.15) is 18.2 Å². The molecule has 1 heterocycles. The molecule has 22 heavy (non-hydrogen) atoms. The average molecular weight is 309 g/mol. The Morgan fingerprint density at radius 1 is 1.00 bits per heavy atom. The van der Waals surface area contributed by atoms with Gasteiger partial charge in [0.05, 0.1) is 11.3 Å². The smallest absolute Gasteiger partial charge is 0.419 e. The highest BCUT2D eigenvalue weighted by Crippen LogP contribution is 2.36. The fourth-order valence-corrected chi connectivity index (χ4v) is 2.22. The van der Waals surface area contributed by atoms with Gasteiger partial charge in [0.25, 0.3) is 0 Å². The van der Waals surface area contributed by atoms with Crippen LogP contribution in [-0.4, -0.2) is 4.98 Å². The van der Waals surface area contributed by atoms with Crippen LogP contribution in [0.4, 0.5) is 17.6 Å². The van der Waals surface area contributed by atoms with Crippen molar-refractivity contribution in [3.63, 3.8) is 0 Å². The fraction of sp³-hybridized carbons (Fsp3) is 0.125. The minimum Gasteiger partial charge on any atom is -0.487 e. The highest BCUT2D eigenvalue weighted by Gasteiger charge is 2.34. The van der Waals surface area contributed by atoms with E-state index in [9.17, 15) is 17.6 Å².